The lowest BCUT2D eigenvalue weighted by atomic mass is 9.86. The Kier molecular flexibility index (Phi) is 12.0. The third kappa shape index (κ3) is 9.00. The number of carboxylic acid groups (broad SMARTS) is 1. The number of carboxylic acids is 1. The average molecular weight is 765 g/mol. The number of rotatable bonds is 16. The Balaban J connectivity index is 0.981. The normalized spacial score (nSPS) is 16.7. The van der Waals surface area contributed by atoms with Crippen molar-refractivity contribution in [3.05, 3.63) is 135 Å². The van der Waals surface area contributed by atoms with Crippen LogP contribution in [0.3, 0.4) is 0 Å². The lowest BCUT2D eigenvalue weighted by Crippen LogP contribution is -2.54. The fourth-order valence-electron chi connectivity index (χ4n) is 6.65. The molecule has 6 rings (SSSR count). The van der Waals surface area contributed by atoms with Crippen molar-refractivity contribution in [3.8, 4) is 17.2 Å². The molecule has 1 aliphatic carbocycles. The number of carbonyl (C=O) groups is 3. The Morgan fingerprint density at radius 1 is 0.893 bits per heavy atom. The van der Waals surface area contributed by atoms with Crippen LogP contribution in [0.2, 0.25) is 0 Å². The number of phenolic OH excluding ortho intramolecular Hbond substituents is 1. The predicted molar refractivity (Wildman–Crippen MR) is 207 cm³/mol. The van der Waals surface area contributed by atoms with Gasteiger partial charge in [-0.2, -0.15) is 0 Å². The molecule has 0 unspecified atom stereocenters. The fraction of sp³-hybridized carbons (Fsp3) is 0.286. The van der Waals surface area contributed by atoms with E-state index in [1.54, 1.807) is 60.7 Å². The minimum Gasteiger partial charge on any atom is -0.506 e. The molecule has 8 N–H and O–H groups in total. The summed E-state index contributed by atoms with van der Waals surface area (Å²) in [6, 6.07) is 24.7. The number of aliphatic hydroxyl groups is 2. The van der Waals surface area contributed by atoms with Crippen LogP contribution >= 0.6 is 0 Å². The molecule has 56 heavy (non-hydrogen) atoms. The molecule has 14 nitrogen and oxygen atoms in total. The smallest absolute Gasteiger partial charge is 0.345 e. The zero-order valence-electron chi connectivity index (χ0n) is 30.8. The molecule has 1 fully saturated rings. The number of nitrogens with one attached hydrogen (secondary N) is 4. The van der Waals surface area contributed by atoms with Gasteiger partial charge < -0.3 is 50.8 Å². The summed E-state index contributed by atoms with van der Waals surface area (Å²) in [5.74, 6) is -1.49. The van der Waals surface area contributed by atoms with Gasteiger partial charge in [-0.15, -0.1) is 0 Å². The number of hydrogen-bond donors (Lipinski definition) is 8. The van der Waals surface area contributed by atoms with E-state index < -0.39 is 17.7 Å². The second-order valence-electron chi connectivity index (χ2n) is 14.0. The van der Waals surface area contributed by atoms with E-state index in [0.29, 0.717) is 41.6 Å². The number of carbonyl (C=O) groups excluding carboxylic acids is 2. The number of benzene rings is 4. The van der Waals surface area contributed by atoms with Gasteiger partial charge >= 0.3 is 5.97 Å². The summed E-state index contributed by atoms with van der Waals surface area (Å²) in [7, 11) is 0. The topological polar surface area (TPSA) is 220 Å². The number of ether oxygens (including phenoxy) is 2. The van der Waals surface area contributed by atoms with Crippen molar-refractivity contribution in [1.29, 1.82) is 0 Å². The van der Waals surface area contributed by atoms with Gasteiger partial charge in [0.2, 0.25) is 11.2 Å². The van der Waals surface area contributed by atoms with Crippen LogP contribution in [0.5, 0.6) is 17.2 Å². The van der Waals surface area contributed by atoms with E-state index in [-0.39, 0.29) is 76.9 Å². The highest BCUT2D eigenvalue weighted by atomic mass is 16.5. The van der Waals surface area contributed by atoms with Gasteiger partial charge in [0.1, 0.15) is 17.2 Å². The number of aliphatic carboxylic acids is 1. The lowest BCUT2D eigenvalue weighted by molar-refractivity contribution is -0.155. The number of aliphatic hydroxyl groups excluding tert-OH is 1. The summed E-state index contributed by atoms with van der Waals surface area (Å²) in [4.78, 5) is 52.4. The van der Waals surface area contributed by atoms with Crippen molar-refractivity contribution in [2.24, 2.45) is 0 Å². The highest BCUT2D eigenvalue weighted by Crippen LogP contribution is 2.33. The second-order valence-corrected chi connectivity index (χ2v) is 14.0. The first-order valence-electron chi connectivity index (χ1n) is 18.2. The molecule has 1 aliphatic rings. The molecule has 1 aromatic heterocycles. The quantitative estimate of drug-likeness (QED) is 0.0726. The van der Waals surface area contributed by atoms with Crippen molar-refractivity contribution in [3.63, 3.8) is 0 Å². The Morgan fingerprint density at radius 2 is 1.62 bits per heavy atom. The van der Waals surface area contributed by atoms with Crippen LogP contribution in [-0.4, -0.2) is 74.5 Å². The van der Waals surface area contributed by atoms with Crippen molar-refractivity contribution in [1.82, 2.24) is 20.9 Å². The van der Waals surface area contributed by atoms with Crippen LogP contribution in [0, 0.1) is 0 Å². The minimum atomic E-state index is -2.31. The molecular weight excluding hydrogens is 720 g/mol. The minimum absolute atomic E-state index is 0.0812. The maximum absolute atomic E-state index is 13.2. The van der Waals surface area contributed by atoms with Gasteiger partial charge in [0.05, 0.1) is 17.7 Å². The van der Waals surface area contributed by atoms with E-state index in [1.807, 2.05) is 13.8 Å². The lowest BCUT2D eigenvalue weighted by Gasteiger charge is -2.36. The third-order valence-corrected chi connectivity index (χ3v) is 9.57. The Morgan fingerprint density at radius 3 is 2.36 bits per heavy atom. The zero-order valence-corrected chi connectivity index (χ0v) is 30.8. The molecule has 5 aromatic rings. The Labute approximate surface area is 322 Å². The van der Waals surface area contributed by atoms with Crippen molar-refractivity contribution >= 4 is 28.7 Å². The number of fused-ring (bicyclic) bond motifs is 1. The second kappa shape index (κ2) is 17.1. The molecule has 0 saturated heterocycles. The molecule has 0 spiro atoms. The van der Waals surface area contributed by atoms with Gasteiger partial charge in [-0.05, 0) is 74.2 Å². The number of aromatic amines is 1. The average Bonchev–Trinajstić information content (AvgIpc) is 3.16. The van der Waals surface area contributed by atoms with Crippen LogP contribution in [0.25, 0.3) is 10.9 Å². The number of hydrogen-bond acceptors (Lipinski definition) is 10. The largest absolute Gasteiger partial charge is 0.506 e. The van der Waals surface area contributed by atoms with E-state index in [0.717, 1.165) is 5.56 Å². The maximum atomic E-state index is 13.2. The predicted octanol–water partition coefficient (Wildman–Crippen LogP) is 3.62. The Hall–Kier alpha value is -6.22. The molecular formula is C42H44N4O10. The van der Waals surface area contributed by atoms with Crippen LogP contribution in [0.4, 0.5) is 0 Å². The van der Waals surface area contributed by atoms with E-state index in [4.69, 9.17) is 9.47 Å². The summed E-state index contributed by atoms with van der Waals surface area (Å²) < 4.78 is 11.7. The molecule has 4 aromatic carbocycles. The number of H-pyrrole nitrogens is 1. The summed E-state index contributed by atoms with van der Waals surface area (Å²) >= 11 is 0. The molecule has 0 radical (unpaired) electrons. The molecule has 1 saturated carbocycles. The third-order valence-electron chi connectivity index (χ3n) is 9.57. The standard InChI is InChI=1S/C42H44N4O10/c1-24(2)56-36-17-25(11-12-26(36)21-43-22-35(48)32-13-15-34(47)39-33(32)14-16-37(49)46-39)40(51)45-30-19-29(20-30)44-38(50)23-55-31-10-6-9-28(18-31)42(54,41(52)53)27-7-4-3-5-8-27/h3-18,24,29-30,35,43,47-48,54H,19-23H2,1-2H3,(H,44,50)(H,45,51)(H,46,49)(H,52,53)/t29?,30?,35-,42-/m0/s1. The SMILES string of the molecule is CC(C)Oc1cc(C(=O)NC2CC(NC(=O)COc3cccc([C@](O)(C(=O)O)c4ccccc4)c3)C2)ccc1CNC[C@H](O)c1ccc(O)c2[nH]c(=O)ccc12. The molecule has 0 aliphatic heterocycles. The number of aromatic nitrogens is 1. The van der Waals surface area contributed by atoms with Gasteiger partial charge in [0.15, 0.2) is 6.61 Å². The summed E-state index contributed by atoms with van der Waals surface area (Å²) in [5.41, 5.74) is -0.440. The van der Waals surface area contributed by atoms with Gasteiger partial charge in [-0.1, -0.05) is 54.6 Å². The summed E-state index contributed by atoms with van der Waals surface area (Å²) in [6.45, 7) is 3.91. The first kappa shape index (κ1) is 39.5. The highest BCUT2D eigenvalue weighted by Gasteiger charge is 2.40. The van der Waals surface area contributed by atoms with E-state index in [2.05, 4.69) is 20.9 Å². The van der Waals surface area contributed by atoms with Gasteiger partial charge in [0.25, 0.3) is 11.8 Å². The summed E-state index contributed by atoms with van der Waals surface area (Å²) in [5, 5.41) is 51.8. The number of amides is 2. The zero-order chi connectivity index (χ0) is 40.0. The van der Waals surface area contributed by atoms with Gasteiger partial charge in [-0.3, -0.25) is 14.4 Å². The van der Waals surface area contributed by atoms with Gasteiger partial charge in [-0.25, -0.2) is 4.79 Å². The van der Waals surface area contributed by atoms with E-state index >= 15 is 0 Å². The fourth-order valence-corrected chi connectivity index (χ4v) is 6.65. The van der Waals surface area contributed by atoms with Gasteiger partial charge in [0, 0.05) is 53.3 Å². The Bertz CT molecular complexity index is 2270. The van der Waals surface area contributed by atoms with Crippen LogP contribution < -0.4 is 31.0 Å². The van der Waals surface area contributed by atoms with Crippen molar-refractivity contribution in [2.75, 3.05) is 13.2 Å². The number of aromatic hydroxyl groups is 1. The number of pyridine rings is 1. The monoisotopic (exact) mass is 764 g/mol. The maximum Gasteiger partial charge on any atom is 0.345 e. The molecule has 0 bridgehead atoms. The number of phenols is 1. The molecule has 14 heteroatoms. The van der Waals surface area contributed by atoms with Crippen LogP contribution in [0.15, 0.2) is 102 Å². The van der Waals surface area contributed by atoms with E-state index in [1.165, 1.54) is 36.4 Å². The highest BCUT2D eigenvalue weighted by molar-refractivity contribution is 5.95. The molecule has 292 valence electrons. The van der Waals surface area contributed by atoms with Crippen LogP contribution in [-0.2, 0) is 21.7 Å². The first-order chi connectivity index (χ1) is 26.8. The first-order valence-corrected chi connectivity index (χ1v) is 18.2. The molecule has 1 heterocycles. The van der Waals surface area contributed by atoms with Crippen LogP contribution in [0.1, 0.15) is 65.4 Å². The summed E-state index contributed by atoms with van der Waals surface area (Å²) in [6.07, 6.45) is -0.0872. The molecule has 2 amide bonds. The van der Waals surface area contributed by atoms with Crippen molar-refractivity contribution in [2.45, 2.75) is 63.1 Å². The molecule has 2 atom stereocenters. The van der Waals surface area contributed by atoms with E-state index in [9.17, 15) is 39.6 Å². The van der Waals surface area contributed by atoms with Crippen molar-refractivity contribution < 1.29 is 44.3 Å².